The molecule has 0 unspecified atom stereocenters. The quantitative estimate of drug-likeness (QED) is 0.856. The van der Waals surface area contributed by atoms with E-state index in [9.17, 15) is 9.90 Å². The van der Waals surface area contributed by atoms with Crippen LogP contribution in [0, 0.1) is 0 Å². The van der Waals surface area contributed by atoms with E-state index >= 15 is 0 Å². The molecule has 0 aliphatic carbocycles. The molecule has 0 radical (unpaired) electrons. The highest BCUT2D eigenvalue weighted by atomic mass is 16.5. The van der Waals surface area contributed by atoms with Gasteiger partial charge in [0, 0.05) is 5.56 Å². The number of esters is 1. The maximum atomic E-state index is 11.5. The zero-order valence-electron chi connectivity index (χ0n) is 10.6. The molecule has 0 atom stereocenters. The highest BCUT2D eigenvalue weighted by Crippen LogP contribution is 2.29. The highest BCUT2D eigenvalue weighted by molar-refractivity contribution is 5.92. The van der Waals surface area contributed by atoms with Gasteiger partial charge in [0.05, 0.1) is 19.9 Å². The number of nitrogens with zero attached hydrogens (tertiary/aromatic N) is 1. The molecular formula is C14H13NO4. The first-order chi connectivity index (χ1) is 9.17. The number of methoxy groups -OCH3 is 2. The molecule has 0 aliphatic rings. The van der Waals surface area contributed by atoms with E-state index in [0.717, 1.165) is 0 Å². The second kappa shape index (κ2) is 5.39. The van der Waals surface area contributed by atoms with Gasteiger partial charge in [0.15, 0.2) is 0 Å². The number of pyridine rings is 1. The van der Waals surface area contributed by atoms with E-state index in [4.69, 9.17) is 4.74 Å². The number of aromatic nitrogens is 1. The van der Waals surface area contributed by atoms with E-state index in [0.29, 0.717) is 11.3 Å². The molecule has 5 heteroatoms. The number of hydrogen-bond acceptors (Lipinski definition) is 5. The van der Waals surface area contributed by atoms with Crippen LogP contribution in [0.3, 0.4) is 0 Å². The van der Waals surface area contributed by atoms with Gasteiger partial charge in [-0.05, 0) is 24.3 Å². The SMILES string of the molecule is COC(=O)c1ccc(-c2ccccc2O)nc1OC. The Bertz CT molecular complexity index is 610. The van der Waals surface area contributed by atoms with E-state index in [2.05, 4.69) is 9.72 Å². The number of benzene rings is 1. The maximum absolute atomic E-state index is 11.5. The normalized spacial score (nSPS) is 10.0. The maximum Gasteiger partial charge on any atom is 0.343 e. The van der Waals surface area contributed by atoms with Crippen molar-refractivity contribution in [1.29, 1.82) is 0 Å². The molecule has 2 aromatic rings. The summed E-state index contributed by atoms with van der Waals surface area (Å²) in [6.45, 7) is 0. The summed E-state index contributed by atoms with van der Waals surface area (Å²) in [5.41, 5.74) is 1.32. The minimum atomic E-state index is -0.520. The lowest BCUT2D eigenvalue weighted by Crippen LogP contribution is -2.05. The first kappa shape index (κ1) is 12.9. The molecule has 0 amide bonds. The van der Waals surface area contributed by atoms with Crippen LogP contribution in [0.15, 0.2) is 36.4 Å². The molecule has 2 rings (SSSR count). The summed E-state index contributed by atoms with van der Waals surface area (Å²) < 4.78 is 9.72. The van der Waals surface area contributed by atoms with Crippen molar-refractivity contribution in [3.63, 3.8) is 0 Å². The Kier molecular flexibility index (Phi) is 3.66. The molecule has 1 heterocycles. The van der Waals surface area contributed by atoms with Crippen LogP contribution >= 0.6 is 0 Å². The number of phenolic OH excluding ortho intramolecular Hbond substituents is 1. The third kappa shape index (κ3) is 2.49. The summed E-state index contributed by atoms with van der Waals surface area (Å²) in [6.07, 6.45) is 0. The first-order valence-electron chi connectivity index (χ1n) is 5.59. The molecule has 5 nitrogen and oxygen atoms in total. The fourth-order valence-electron chi connectivity index (χ4n) is 1.70. The zero-order chi connectivity index (χ0) is 13.8. The Morgan fingerprint density at radius 2 is 1.89 bits per heavy atom. The summed E-state index contributed by atoms with van der Waals surface area (Å²) in [5.74, 6) is -0.247. The number of ether oxygens (including phenoxy) is 2. The summed E-state index contributed by atoms with van der Waals surface area (Å²) in [4.78, 5) is 15.7. The topological polar surface area (TPSA) is 68.7 Å². The summed E-state index contributed by atoms with van der Waals surface area (Å²) in [6, 6.07) is 9.99. The zero-order valence-corrected chi connectivity index (χ0v) is 10.6. The predicted molar refractivity (Wildman–Crippen MR) is 69.2 cm³/mol. The van der Waals surface area contributed by atoms with Crippen molar-refractivity contribution in [3.8, 4) is 22.9 Å². The Hall–Kier alpha value is -2.56. The molecule has 19 heavy (non-hydrogen) atoms. The van der Waals surface area contributed by atoms with E-state index in [1.54, 1.807) is 36.4 Å². The molecule has 0 fully saturated rings. The Balaban J connectivity index is 2.51. The van der Waals surface area contributed by atoms with Crippen LogP contribution in [0.5, 0.6) is 11.6 Å². The summed E-state index contributed by atoms with van der Waals surface area (Å²) >= 11 is 0. The lowest BCUT2D eigenvalue weighted by molar-refractivity contribution is 0.0596. The van der Waals surface area contributed by atoms with Crippen LogP contribution in [0.25, 0.3) is 11.3 Å². The Labute approximate surface area is 110 Å². The van der Waals surface area contributed by atoms with Crippen molar-refractivity contribution in [2.75, 3.05) is 14.2 Å². The number of hydrogen-bond donors (Lipinski definition) is 1. The number of para-hydroxylation sites is 1. The Morgan fingerprint density at radius 3 is 2.53 bits per heavy atom. The lowest BCUT2D eigenvalue weighted by Gasteiger charge is -2.09. The largest absolute Gasteiger partial charge is 0.507 e. The van der Waals surface area contributed by atoms with Crippen LogP contribution in [0.1, 0.15) is 10.4 Å². The van der Waals surface area contributed by atoms with Gasteiger partial charge in [-0.3, -0.25) is 0 Å². The first-order valence-corrected chi connectivity index (χ1v) is 5.59. The van der Waals surface area contributed by atoms with Gasteiger partial charge in [-0.15, -0.1) is 0 Å². The fraction of sp³-hybridized carbons (Fsp3) is 0.143. The number of carbonyl (C=O) groups excluding carboxylic acids is 1. The van der Waals surface area contributed by atoms with Gasteiger partial charge in [-0.25, -0.2) is 9.78 Å². The van der Waals surface area contributed by atoms with Crippen molar-refractivity contribution in [3.05, 3.63) is 42.0 Å². The van der Waals surface area contributed by atoms with Gasteiger partial charge >= 0.3 is 5.97 Å². The van der Waals surface area contributed by atoms with Gasteiger partial charge in [-0.2, -0.15) is 0 Å². The minimum absolute atomic E-state index is 0.114. The predicted octanol–water partition coefficient (Wildman–Crippen LogP) is 2.25. The molecule has 0 saturated heterocycles. The monoisotopic (exact) mass is 259 g/mol. The van der Waals surface area contributed by atoms with Crippen LogP contribution in [-0.2, 0) is 4.74 Å². The molecule has 0 saturated carbocycles. The highest BCUT2D eigenvalue weighted by Gasteiger charge is 2.16. The van der Waals surface area contributed by atoms with Crippen LogP contribution in [0.2, 0.25) is 0 Å². The van der Waals surface area contributed by atoms with Crippen molar-refractivity contribution < 1.29 is 19.4 Å². The summed E-state index contributed by atoms with van der Waals surface area (Å²) in [7, 11) is 2.71. The average Bonchev–Trinajstić information content (AvgIpc) is 2.46. The van der Waals surface area contributed by atoms with Crippen LogP contribution in [-0.4, -0.2) is 30.3 Å². The minimum Gasteiger partial charge on any atom is -0.507 e. The Morgan fingerprint density at radius 1 is 1.16 bits per heavy atom. The van der Waals surface area contributed by atoms with Crippen molar-refractivity contribution >= 4 is 5.97 Å². The lowest BCUT2D eigenvalue weighted by atomic mass is 10.1. The number of aromatic hydroxyl groups is 1. The van der Waals surface area contributed by atoms with Crippen molar-refractivity contribution in [2.45, 2.75) is 0 Å². The van der Waals surface area contributed by atoms with Gasteiger partial charge in [0.2, 0.25) is 5.88 Å². The smallest absolute Gasteiger partial charge is 0.343 e. The van der Waals surface area contributed by atoms with Crippen LogP contribution < -0.4 is 4.74 Å². The van der Waals surface area contributed by atoms with E-state index in [-0.39, 0.29) is 17.2 Å². The second-order valence-corrected chi connectivity index (χ2v) is 3.76. The molecule has 98 valence electrons. The van der Waals surface area contributed by atoms with E-state index < -0.39 is 5.97 Å². The number of carbonyl (C=O) groups is 1. The van der Waals surface area contributed by atoms with Gasteiger partial charge in [0.25, 0.3) is 0 Å². The van der Waals surface area contributed by atoms with Gasteiger partial charge in [-0.1, -0.05) is 12.1 Å². The van der Waals surface area contributed by atoms with Crippen molar-refractivity contribution in [2.24, 2.45) is 0 Å². The van der Waals surface area contributed by atoms with E-state index in [1.165, 1.54) is 14.2 Å². The fourth-order valence-corrected chi connectivity index (χ4v) is 1.70. The average molecular weight is 259 g/mol. The molecule has 1 aromatic carbocycles. The van der Waals surface area contributed by atoms with Gasteiger partial charge < -0.3 is 14.6 Å². The molecule has 1 N–H and O–H groups in total. The third-order valence-corrected chi connectivity index (χ3v) is 2.64. The molecule has 1 aromatic heterocycles. The third-order valence-electron chi connectivity index (χ3n) is 2.64. The molecule has 0 spiro atoms. The number of rotatable bonds is 3. The molecule has 0 aliphatic heterocycles. The standard InChI is InChI=1S/C14H13NO4/c1-18-13-10(14(17)19-2)7-8-11(15-13)9-5-3-4-6-12(9)16/h3-8,16H,1-2H3. The van der Waals surface area contributed by atoms with Crippen molar-refractivity contribution in [1.82, 2.24) is 4.98 Å². The second-order valence-electron chi connectivity index (χ2n) is 3.76. The van der Waals surface area contributed by atoms with E-state index in [1.807, 2.05) is 0 Å². The molecule has 0 bridgehead atoms. The molecular weight excluding hydrogens is 246 g/mol. The number of phenols is 1. The summed E-state index contributed by atoms with van der Waals surface area (Å²) in [5, 5.41) is 9.78. The van der Waals surface area contributed by atoms with Gasteiger partial charge in [0.1, 0.15) is 11.3 Å². The van der Waals surface area contributed by atoms with Crippen LogP contribution in [0.4, 0.5) is 0 Å².